The van der Waals surface area contributed by atoms with Crippen LogP contribution in [0.1, 0.15) is 5.56 Å². The second-order valence-corrected chi connectivity index (χ2v) is 6.09. The molecule has 0 atom stereocenters. The average Bonchev–Trinajstić information content (AvgIpc) is 2.65. The number of aromatic nitrogens is 1. The van der Waals surface area contributed by atoms with Crippen molar-refractivity contribution >= 4 is 28.7 Å². The largest absolute Gasteiger partial charge is 0.493 e. The predicted molar refractivity (Wildman–Crippen MR) is 99.6 cm³/mol. The van der Waals surface area contributed by atoms with Crippen molar-refractivity contribution in [2.24, 2.45) is 0 Å². The summed E-state index contributed by atoms with van der Waals surface area (Å²) in [5.41, 5.74) is 1.19. The molecule has 0 aliphatic carbocycles. The van der Waals surface area contributed by atoms with Crippen LogP contribution in [-0.2, 0) is 0 Å². The molecule has 0 amide bonds. The van der Waals surface area contributed by atoms with Crippen molar-refractivity contribution in [1.29, 1.82) is 0 Å². The molecule has 0 N–H and O–H groups in total. The lowest BCUT2D eigenvalue weighted by atomic mass is 10.2. The van der Waals surface area contributed by atoms with Gasteiger partial charge in [-0.05, 0) is 5.56 Å². The van der Waals surface area contributed by atoms with Crippen LogP contribution < -0.4 is 15.1 Å². The van der Waals surface area contributed by atoms with E-state index in [9.17, 15) is 4.79 Å². The van der Waals surface area contributed by atoms with Crippen LogP contribution in [-0.4, -0.2) is 25.0 Å². The van der Waals surface area contributed by atoms with Crippen LogP contribution in [0.2, 0.25) is 0 Å². The smallest absolute Gasteiger partial charge is 0.347 e. The summed E-state index contributed by atoms with van der Waals surface area (Å²) in [6, 6.07) is 13.2. The molecule has 0 saturated heterocycles. The molecule has 0 spiro atoms. The van der Waals surface area contributed by atoms with Gasteiger partial charge in [-0.2, -0.15) is 0 Å². The summed E-state index contributed by atoms with van der Waals surface area (Å²) in [4.78, 5) is 16.6. The van der Waals surface area contributed by atoms with E-state index >= 15 is 0 Å². The molecule has 0 aliphatic rings. The molecule has 0 bridgehead atoms. The van der Waals surface area contributed by atoms with Gasteiger partial charge in [0.15, 0.2) is 11.5 Å². The van der Waals surface area contributed by atoms with Crippen LogP contribution in [0.5, 0.6) is 11.5 Å². The maximum absolute atomic E-state index is 12.2. The van der Waals surface area contributed by atoms with E-state index in [4.69, 9.17) is 13.9 Å². The van der Waals surface area contributed by atoms with Gasteiger partial charge in [0.25, 0.3) is 5.22 Å². The van der Waals surface area contributed by atoms with Gasteiger partial charge in [0, 0.05) is 17.9 Å². The molecule has 5 nitrogen and oxygen atoms in total. The van der Waals surface area contributed by atoms with Gasteiger partial charge >= 0.3 is 5.63 Å². The Hall–Kier alpha value is -2.73. The Morgan fingerprint density at radius 1 is 1.12 bits per heavy atom. The van der Waals surface area contributed by atoms with Gasteiger partial charge < -0.3 is 13.9 Å². The fraction of sp³-hybridized carbons (Fsp3) is 0.158. The molecule has 0 fully saturated rings. The molecule has 1 heterocycles. The third-order valence-electron chi connectivity index (χ3n) is 3.53. The van der Waals surface area contributed by atoms with Crippen molar-refractivity contribution in [3.63, 3.8) is 0 Å². The summed E-state index contributed by atoms with van der Waals surface area (Å²) in [6.45, 7) is 0. The number of rotatable bonds is 6. The van der Waals surface area contributed by atoms with Gasteiger partial charge in [-0.25, -0.2) is 9.78 Å². The number of benzene rings is 2. The summed E-state index contributed by atoms with van der Waals surface area (Å²) in [5, 5.41) is 0.684. The Labute approximate surface area is 149 Å². The first-order valence-corrected chi connectivity index (χ1v) is 8.61. The first-order valence-electron chi connectivity index (χ1n) is 7.62. The number of ether oxygens (including phenoxy) is 2. The Morgan fingerprint density at radius 2 is 1.84 bits per heavy atom. The predicted octanol–water partition coefficient (Wildman–Crippen LogP) is 4.01. The lowest BCUT2D eigenvalue weighted by molar-refractivity contribution is 0.354. The van der Waals surface area contributed by atoms with Crippen molar-refractivity contribution in [2.45, 2.75) is 5.22 Å². The van der Waals surface area contributed by atoms with Crippen LogP contribution >= 0.6 is 11.8 Å². The maximum Gasteiger partial charge on any atom is 0.347 e. The van der Waals surface area contributed by atoms with Gasteiger partial charge in [-0.15, -0.1) is 0 Å². The molecule has 3 rings (SSSR count). The Bertz CT molecular complexity index is 951. The Morgan fingerprint density at radius 3 is 2.56 bits per heavy atom. The molecule has 0 unspecified atom stereocenters. The van der Waals surface area contributed by atoms with E-state index < -0.39 is 5.63 Å². The van der Waals surface area contributed by atoms with Crippen molar-refractivity contribution < 1.29 is 13.9 Å². The van der Waals surface area contributed by atoms with Crippen LogP contribution in [0.4, 0.5) is 0 Å². The topological polar surface area (TPSA) is 61.6 Å². The second-order valence-electron chi connectivity index (χ2n) is 5.12. The number of thioether (sulfide) groups is 1. The van der Waals surface area contributed by atoms with Crippen molar-refractivity contribution in [2.75, 3.05) is 20.0 Å². The van der Waals surface area contributed by atoms with E-state index in [1.807, 2.05) is 42.5 Å². The highest BCUT2D eigenvalue weighted by atomic mass is 32.2. The van der Waals surface area contributed by atoms with Gasteiger partial charge in [0.1, 0.15) is 0 Å². The lowest BCUT2D eigenvalue weighted by Crippen LogP contribution is -2.04. The summed E-state index contributed by atoms with van der Waals surface area (Å²) in [6.07, 6.45) is 4.01. The van der Waals surface area contributed by atoms with Crippen molar-refractivity contribution in [1.82, 2.24) is 4.98 Å². The Kier molecular flexibility index (Phi) is 5.40. The molecule has 6 heteroatoms. The third-order valence-corrected chi connectivity index (χ3v) is 4.31. The minimum absolute atomic E-state index is 0.322. The number of fused-ring (bicyclic) bond motifs is 1. The maximum atomic E-state index is 12.2. The van der Waals surface area contributed by atoms with Crippen molar-refractivity contribution in [3.05, 3.63) is 64.5 Å². The van der Waals surface area contributed by atoms with Gasteiger partial charge in [-0.3, -0.25) is 0 Å². The summed E-state index contributed by atoms with van der Waals surface area (Å²) in [7, 11) is 3.06. The van der Waals surface area contributed by atoms with Crippen molar-refractivity contribution in [3.8, 4) is 11.5 Å². The van der Waals surface area contributed by atoms with E-state index in [1.165, 1.54) is 18.9 Å². The zero-order chi connectivity index (χ0) is 17.6. The standard InChI is InChI=1S/C19H17NO4S/c1-22-16-11-14-15(12-17(16)23-2)20-19(24-18(14)21)25-10-6-9-13-7-4-3-5-8-13/h3-9,11-12H,10H2,1-2H3/b9-6+. The van der Waals surface area contributed by atoms with Crippen LogP contribution in [0.25, 0.3) is 17.0 Å². The fourth-order valence-corrected chi connectivity index (χ4v) is 2.94. The average molecular weight is 355 g/mol. The lowest BCUT2D eigenvalue weighted by Gasteiger charge is -2.08. The Balaban J connectivity index is 1.80. The molecule has 128 valence electrons. The summed E-state index contributed by atoms with van der Waals surface area (Å²) >= 11 is 1.36. The minimum atomic E-state index is -0.444. The quantitative estimate of drug-likeness (QED) is 0.623. The highest BCUT2D eigenvalue weighted by molar-refractivity contribution is 7.99. The molecular weight excluding hydrogens is 338 g/mol. The highest BCUT2D eigenvalue weighted by Gasteiger charge is 2.12. The molecule has 1 aromatic heterocycles. The number of hydrogen-bond donors (Lipinski definition) is 0. The molecule has 2 aromatic carbocycles. The highest BCUT2D eigenvalue weighted by Crippen LogP contribution is 2.30. The molecule has 0 aliphatic heterocycles. The van der Waals surface area contributed by atoms with Crippen LogP contribution in [0.3, 0.4) is 0 Å². The van der Waals surface area contributed by atoms with E-state index in [1.54, 1.807) is 19.2 Å². The van der Waals surface area contributed by atoms with Gasteiger partial charge in [0.2, 0.25) is 0 Å². The third kappa shape index (κ3) is 4.03. The zero-order valence-electron chi connectivity index (χ0n) is 13.9. The minimum Gasteiger partial charge on any atom is -0.493 e. The molecule has 0 saturated carbocycles. The number of nitrogens with zero attached hydrogens (tertiary/aromatic N) is 1. The first-order chi connectivity index (χ1) is 12.2. The molecular formula is C19H17NO4S. The summed E-state index contributed by atoms with van der Waals surface area (Å²) < 4.78 is 15.7. The normalized spacial score (nSPS) is 11.1. The zero-order valence-corrected chi connectivity index (χ0v) is 14.7. The number of hydrogen-bond acceptors (Lipinski definition) is 6. The second kappa shape index (κ2) is 7.90. The number of methoxy groups -OCH3 is 2. The molecule has 0 radical (unpaired) electrons. The molecule has 3 aromatic rings. The first kappa shape index (κ1) is 17.1. The van der Waals surface area contributed by atoms with E-state index in [0.717, 1.165) is 5.56 Å². The van der Waals surface area contributed by atoms with Gasteiger partial charge in [-0.1, -0.05) is 54.2 Å². The van der Waals surface area contributed by atoms with Crippen LogP contribution in [0.15, 0.2) is 63.0 Å². The fourth-order valence-electron chi connectivity index (χ4n) is 2.31. The molecule has 25 heavy (non-hydrogen) atoms. The van der Waals surface area contributed by atoms with E-state index in [2.05, 4.69) is 4.98 Å². The van der Waals surface area contributed by atoms with Crippen LogP contribution in [0, 0.1) is 0 Å². The van der Waals surface area contributed by atoms with E-state index in [-0.39, 0.29) is 0 Å². The van der Waals surface area contributed by atoms with E-state index in [0.29, 0.717) is 33.4 Å². The SMILES string of the molecule is COc1cc2nc(SC/C=C/c3ccccc3)oc(=O)c2cc1OC. The van der Waals surface area contributed by atoms with Gasteiger partial charge in [0.05, 0.1) is 25.1 Å². The monoisotopic (exact) mass is 355 g/mol. The summed E-state index contributed by atoms with van der Waals surface area (Å²) in [5.74, 6) is 1.63.